The van der Waals surface area contributed by atoms with Gasteiger partial charge in [0.1, 0.15) is 0 Å². The van der Waals surface area contributed by atoms with Crippen LogP contribution in [0.2, 0.25) is 0 Å². The molecule has 116 valence electrons. The molecule has 0 spiro atoms. The van der Waals surface area contributed by atoms with E-state index < -0.39 is 0 Å². The Morgan fingerprint density at radius 1 is 1.20 bits per heavy atom. The second-order valence-corrected chi connectivity index (χ2v) is 5.46. The number of aromatic nitrogens is 2. The van der Waals surface area contributed by atoms with Crippen LogP contribution in [0, 0.1) is 13.8 Å². The molecular formula is C16H32N4. The third-order valence-electron chi connectivity index (χ3n) is 4.17. The van der Waals surface area contributed by atoms with E-state index in [1.165, 1.54) is 24.2 Å². The van der Waals surface area contributed by atoms with Gasteiger partial charge in [-0.1, -0.05) is 13.8 Å². The monoisotopic (exact) mass is 280 g/mol. The van der Waals surface area contributed by atoms with Crippen molar-refractivity contribution in [1.82, 2.24) is 20.0 Å². The first-order chi connectivity index (χ1) is 9.54. The molecule has 1 aromatic rings. The number of rotatable bonds is 9. The Labute approximate surface area is 124 Å². The van der Waals surface area contributed by atoms with Crippen molar-refractivity contribution in [1.29, 1.82) is 0 Å². The molecule has 0 aliphatic heterocycles. The number of hydrogen-bond acceptors (Lipinski definition) is 3. The fraction of sp³-hybridized carbons (Fsp3) is 0.812. The lowest BCUT2D eigenvalue weighted by Gasteiger charge is -2.19. The molecule has 0 amide bonds. The average molecular weight is 280 g/mol. The van der Waals surface area contributed by atoms with Crippen LogP contribution in [-0.4, -0.2) is 40.9 Å². The van der Waals surface area contributed by atoms with E-state index in [0.717, 1.165) is 31.9 Å². The van der Waals surface area contributed by atoms with Gasteiger partial charge in [-0.25, -0.2) is 0 Å². The Hall–Kier alpha value is -0.870. The van der Waals surface area contributed by atoms with E-state index in [0.29, 0.717) is 6.04 Å². The SMILES string of the molecule is CCN(CC)CCCNC(C)c1c(C)nn(CC)c1C. The van der Waals surface area contributed by atoms with Crippen LogP contribution in [0.3, 0.4) is 0 Å². The van der Waals surface area contributed by atoms with Crippen LogP contribution in [0.5, 0.6) is 0 Å². The lowest BCUT2D eigenvalue weighted by molar-refractivity contribution is 0.296. The highest BCUT2D eigenvalue weighted by Crippen LogP contribution is 2.21. The molecule has 1 rings (SSSR count). The van der Waals surface area contributed by atoms with Crippen molar-refractivity contribution < 1.29 is 0 Å². The van der Waals surface area contributed by atoms with Crippen LogP contribution >= 0.6 is 0 Å². The third-order valence-corrected chi connectivity index (χ3v) is 4.17. The minimum absolute atomic E-state index is 0.381. The highest BCUT2D eigenvalue weighted by atomic mass is 15.3. The summed E-state index contributed by atoms with van der Waals surface area (Å²) in [7, 11) is 0. The van der Waals surface area contributed by atoms with Crippen LogP contribution < -0.4 is 5.32 Å². The van der Waals surface area contributed by atoms with Crippen molar-refractivity contribution in [3.05, 3.63) is 17.0 Å². The first kappa shape index (κ1) is 17.2. The predicted octanol–water partition coefficient (Wildman–Crippen LogP) is 2.90. The maximum atomic E-state index is 4.60. The second-order valence-electron chi connectivity index (χ2n) is 5.46. The quantitative estimate of drug-likeness (QED) is 0.706. The maximum Gasteiger partial charge on any atom is 0.0644 e. The van der Waals surface area contributed by atoms with Gasteiger partial charge >= 0.3 is 0 Å². The van der Waals surface area contributed by atoms with Crippen molar-refractivity contribution in [3.63, 3.8) is 0 Å². The van der Waals surface area contributed by atoms with E-state index in [1.54, 1.807) is 0 Å². The molecular weight excluding hydrogens is 248 g/mol. The van der Waals surface area contributed by atoms with Gasteiger partial charge in [-0.05, 0) is 60.3 Å². The Morgan fingerprint density at radius 3 is 2.35 bits per heavy atom. The smallest absolute Gasteiger partial charge is 0.0644 e. The van der Waals surface area contributed by atoms with Crippen molar-refractivity contribution in [2.45, 2.75) is 60.5 Å². The van der Waals surface area contributed by atoms with Crippen molar-refractivity contribution in [2.24, 2.45) is 0 Å². The van der Waals surface area contributed by atoms with Crippen molar-refractivity contribution in [3.8, 4) is 0 Å². The molecule has 0 aliphatic carbocycles. The number of aryl methyl sites for hydroxylation is 2. The third kappa shape index (κ3) is 4.32. The lowest BCUT2D eigenvalue weighted by atomic mass is 10.1. The molecule has 1 heterocycles. The Balaban J connectivity index is 2.47. The zero-order chi connectivity index (χ0) is 15.1. The normalized spacial score (nSPS) is 13.2. The summed E-state index contributed by atoms with van der Waals surface area (Å²) in [4.78, 5) is 2.47. The summed E-state index contributed by atoms with van der Waals surface area (Å²) in [6.45, 7) is 18.6. The molecule has 0 aromatic carbocycles. The topological polar surface area (TPSA) is 33.1 Å². The summed E-state index contributed by atoms with van der Waals surface area (Å²) in [5.41, 5.74) is 3.83. The molecule has 0 aliphatic rings. The van der Waals surface area contributed by atoms with Crippen LogP contribution in [-0.2, 0) is 6.54 Å². The first-order valence-electron chi connectivity index (χ1n) is 8.04. The summed E-state index contributed by atoms with van der Waals surface area (Å²) in [6.07, 6.45) is 1.20. The molecule has 1 aromatic heterocycles. The highest BCUT2D eigenvalue weighted by molar-refractivity contribution is 5.27. The molecule has 0 radical (unpaired) electrons. The summed E-state index contributed by atoms with van der Waals surface area (Å²) in [6, 6.07) is 0.381. The lowest BCUT2D eigenvalue weighted by Crippen LogP contribution is -2.28. The fourth-order valence-electron chi connectivity index (χ4n) is 2.91. The molecule has 4 nitrogen and oxygen atoms in total. The largest absolute Gasteiger partial charge is 0.310 e. The first-order valence-corrected chi connectivity index (χ1v) is 8.04. The molecule has 0 bridgehead atoms. The van der Waals surface area contributed by atoms with Gasteiger partial charge < -0.3 is 10.2 Å². The minimum Gasteiger partial charge on any atom is -0.310 e. The van der Waals surface area contributed by atoms with Crippen LogP contribution in [0.4, 0.5) is 0 Å². The van der Waals surface area contributed by atoms with Crippen molar-refractivity contribution >= 4 is 0 Å². The molecule has 1 N–H and O–H groups in total. The van der Waals surface area contributed by atoms with Gasteiger partial charge in [-0.2, -0.15) is 5.10 Å². The molecule has 0 saturated heterocycles. The van der Waals surface area contributed by atoms with Gasteiger partial charge in [-0.3, -0.25) is 4.68 Å². The minimum atomic E-state index is 0.381. The molecule has 0 saturated carbocycles. The molecule has 1 atom stereocenters. The van der Waals surface area contributed by atoms with Gasteiger partial charge in [0.25, 0.3) is 0 Å². The summed E-state index contributed by atoms with van der Waals surface area (Å²) in [5, 5.41) is 8.24. The maximum absolute atomic E-state index is 4.60. The second kappa shape index (κ2) is 8.42. The number of nitrogens with zero attached hydrogens (tertiary/aromatic N) is 3. The molecule has 0 fully saturated rings. The van der Waals surface area contributed by atoms with Gasteiger partial charge in [0.15, 0.2) is 0 Å². The Morgan fingerprint density at radius 2 is 1.85 bits per heavy atom. The van der Waals surface area contributed by atoms with Gasteiger partial charge in [-0.15, -0.1) is 0 Å². The molecule has 20 heavy (non-hydrogen) atoms. The zero-order valence-electron chi connectivity index (χ0n) is 14.2. The highest BCUT2D eigenvalue weighted by Gasteiger charge is 2.16. The molecule has 4 heteroatoms. The van der Waals surface area contributed by atoms with Gasteiger partial charge in [0.2, 0.25) is 0 Å². The van der Waals surface area contributed by atoms with Crippen LogP contribution in [0.1, 0.15) is 57.1 Å². The Bertz CT molecular complexity index is 393. The fourth-order valence-corrected chi connectivity index (χ4v) is 2.91. The summed E-state index contributed by atoms with van der Waals surface area (Å²) in [5.74, 6) is 0. The van der Waals surface area contributed by atoms with E-state index in [2.05, 4.69) is 61.5 Å². The Kier molecular flexibility index (Phi) is 7.24. The van der Waals surface area contributed by atoms with E-state index in [1.807, 2.05) is 0 Å². The average Bonchev–Trinajstić information content (AvgIpc) is 2.73. The van der Waals surface area contributed by atoms with E-state index in [4.69, 9.17) is 0 Å². The number of hydrogen-bond donors (Lipinski definition) is 1. The molecule has 1 unspecified atom stereocenters. The van der Waals surface area contributed by atoms with Gasteiger partial charge in [0, 0.05) is 23.8 Å². The standard InChI is InChI=1S/C16H32N4/c1-7-19(8-2)12-10-11-17-13(4)16-14(5)18-20(9-3)15(16)6/h13,17H,7-12H2,1-6H3. The number of nitrogens with one attached hydrogen (secondary N) is 1. The van der Waals surface area contributed by atoms with Crippen LogP contribution in [0.25, 0.3) is 0 Å². The van der Waals surface area contributed by atoms with Crippen molar-refractivity contribution in [2.75, 3.05) is 26.2 Å². The zero-order valence-corrected chi connectivity index (χ0v) is 14.2. The van der Waals surface area contributed by atoms with Crippen LogP contribution in [0.15, 0.2) is 0 Å². The summed E-state index contributed by atoms with van der Waals surface area (Å²) >= 11 is 0. The van der Waals surface area contributed by atoms with E-state index in [9.17, 15) is 0 Å². The predicted molar refractivity (Wildman–Crippen MR) is 86.2 cm³/mol. The summed E-state index contributed by atoms with van der Waals surface area (Å²) < 4.78 is 2.10. The van der Waals surface area contributed by atoms with E-state index in [-0.39, 0.29) is 0 Å². The van der Waals surface area contributed by atoms with E-state index >= 15 is 0 Å². The van der Waals surface area contributed by atoms with Gasteiger partial charge in [0.05, 0.1) is 5.69 Å².